The second-order valence-electron chi connectivity index (χ2n) is 6.66. The first-order valence-corrected chi connectivity index (χ1v) is 11.4. The molecular formula is C21H20FN3O2S2. The van der Waals surface area contributed by atoms with Gasteiger partial charge in [-0.05, 0) is 43.2 Å². The third-order valence-electron chi connectivity index (χ3n) is 4.82. The van der Waals surface area contributed by atoms with Gasteiger partial charge in [0.25, 0.3) is 5.91 Å². The number of para-hydroxylation sites is 1. The molecular weight excluding hydrogens is 409 g/mol. The van der Waals surface area contributed by atoms with Gasteiger partial charge in [0.1, 0.15) is 5.82 Å². The molecule has 2 heterocycles. The zero-order chi connectivity index (χ0) is 20.4. The van der Waals surface area contributed by atoms with E-state index in [0.717, 1.165) is 22.3 Å². The predicted octanol–water partition coefficient (Wildman–Crippen LogP) is 3.61. The van der Waals surface area contributed by atoms with Crippen molar-refractivity contribution in [3.63, 3.8) is 0 Å². The van der Waals surface area contributed by atoms with Gasteiger partial charge in [0.15, 0.2) is 4.80 Å². The largest absolute Gasteiger partial charge is 0.317 e. The van der Waals surface area contributed by atoms with Crippen molar-refractivity contribution in [3.8, 4) is 0 Å². The fourth-order valence-electron chi connectivity index (χ4n) is 3.48. The zero-order valence-corrected chi connectivity index (χ0v) is 17.6. The van der Waals surface area contributed by atoms with Crippen LogP contribution in [-0.2, 0) is 22.6 Å². The van der Waals surface area contributed by atoms with Gasteiger partial charge in [0.2, 0.25) is 5.91 Å². The highest BCUT2D eigenvalue weighted by atomic mass is 32.2. The van der Waals surface area contributed by atoms with Crippen LogP contribution < -0.4 is 9.70 Å². The Balaban J connectivity index is 1.41. The number of rotatable bonds is 5. The van der Waals surface area contributed by atoms with Gasteiger partial charge in [0.05, 0.1) is 21.7 Å². The van der Waals surface area contributed by atoms with Gasteiger partial charge in [-0.2, -0.15) is 4.99 Å². The second-order valence-corrected chi connectivity index (χ2v) is 8.66. The number of fused-ring (bicyclic) bond motifs is 2. The topological polar surface area (TPSA) is 54.7 Å². The summed E-state index contributed by atoms with van der Waals surface area (Å²) < 4.78 is 16.1. The maximum absolute atomic E-state index is 13.5. The van der Waals surface area contributed by atoms with Gasteiger partial charge in [-0.25, -0.2) is 4.39 Å². The number of thioether (sulfide) groups is 1. The van der Waals surface area contributed by atoms with E-state index in [1.54, 1.807) is 11.0 Å². The maximum atomic E-state index is 13.5. The molecule has 8 heteroatoms. The Morgan fingerprint density at radius 2 is 2.03 bits per heavy atom. The summed E-state index contributed by atoms with van der Waals surface area (Å²) in [5.74, 6) is -0.223. The van der Waals surface area contributed by atoms with Crippen LogP contribution in [0, 0.1) is 5.82 Å². The number of carbonyl (C=O) groups is 2. The minimum Gasteiger partial charge on any atom is -0.317 e. The number of hydrogen-bond acceptors (Lipinski definition) is 4. The minimum absolute atomic E-state index is 0.00806. The molecule has 0 spiro atoms. The van der Waals surface area contributed by atoms with E-state index in [1.807, 2.05) is 35.8 Å². The van der Waals surface area contributed by atoms with E-state index in [1.165, 1.54) is 40.8 Å². The number of amides is 2. The number of benzene rings is 2. The van der Waals surface area contributed by atoms with Crippen LogP contribution in [0.1, 0.15) is 12.5 Å². The van der Waals surface area contributed by atoms with E-state index in [2.05, 4.69) is 4.99 Å². The van der Waals surface area contributed by atoms with Crippen LogP contribution >= 0.6 is 23.1 Å². The average molecular weight is 430 g/mol. The van der Waals surface area contributed by atoms with Crippen molar-refractivity contribution >= 4 is 50.8 Å². The molecule has 2 amide bonds. The highest BCUT2D eigenvalue weighted by Crippen LogP contribution is 2.28. The van der Waals surface area contributed by atoms with Crippen LogP contribution in [0.3, 0.4) is 0 Å². The fourth-order valence-corrected chi connectivity index (χ4v) is 5.29. The lowest BCUT2D eigenvalue weighted by Crippen LogP contribution is -2.30. The van der Waals surface area contributed by atoms with Crippen molar-refractivity contribution in [2.45, 2.75) is 19.9 Å². The van der Waals surface area contributed by atoms with E-state index < -0.39 is 0 Å². The molecule has 0 radical (unpaired) electrons. The van der Waals surface area contributed by atoms with Crippen molar-refractivity contribution in [1.82, 2.24) is 4.57 Å². The molecule has 0 fully saturated rings. The van der Waals surface area contributed by atoms with Crippen LogP contribution in [-0.4, -0.2) is 34.4 Å². The van der Waals surface area contributed by atoms with Crippen molar-refractivity contribution in [2.24, 2.45) is 4.99 Å². The predicted molar refractivity (Wildman–Crippen MR) is 116 cm³/mol. The van der Waals surface area contributed by atoms with Crippen molar-refractivity contribution in [3.05, 3.63) is 58.6 Å². The Morgan fingerprint density at radius 1 is 1.21 bits per heavy atom. The minimum atomic E-state index is -0.308. The first-order chi connectivity index (χ1) is 14.1. The molecule has 0 bridgehead atoms. The van der Waals surface area contributed by atoms with Gasteiger partial charge < -0.3 is 9.47 Å². The lowest BCUT2D eigenvalue weighted by atomic mass is 10.2. The Morgan fingerprint density at radius 3 is 2.86 bits per heavy atom. The molecule has 0 aliphatic carbocycles. The molecule has 0 N–H and O–H groups in total. The molecule has 0 saturated carbocycles. The summed E-state index contributed by atoms with van der Waals surface area (Å²) in [6, 6.07) is 12.5. The molecule has 4 rings (SSSR count). The number of halogens is 1. The van der Waals surface area contributed by atoms with Gasteiger partial charge in [-0.3, -0.25) is 9.59 Å². The number of anilines is 1. The molecule has 29 heavy (non-hydrogen) atoms. The van der Waals surface area contributed by atoms with Gasteiger partial charge in [-0.15, -0.1) is 11.8 Å². The zero-order valence-electron chi connectivity index (χ0n) is 15.9. The summed E-state index contributed by atoms with van der Waals surface area (Å²) in [6.45, 7) is 3.28. The molecule has 0 unspecified atom stereocenters. The van der Waals surface area contributed by atoms with E-state index in [0.29, 0.717) is 17.9 Å². The number of thiazole rings is 1. The standard InChI is InChI=1S/C21H20FN3O2S2/c1-2-24-17-8-7-15(22)11-18(17)29-21(24)23-19(26)12-28-13-20(27)25-10-9-14-5-3-4-6-16(14)25/h3-8,11H,2,9-10,12-13H2,1H3. The molecule has 0 atom stereocenters. The Hall–Kier alpha value is -2.45. The molecule has 150 valence electrons. The van der Waals surface area contributed by atoms with E-state index >= 15 is 0 Å². The number of nitrogens with zero attached hydrogens (tertiary/aromatic N) is 3. The summed E-state index contributed by atoms with van der Waals surface area (Å²) in [5.41, 5.74) is 3.01. The third kappa shape index (κ3) is 4.13. The molecule has 0 saturated heterocycles. The molecule has 5 nitrogen and oxygen atoms in total. The summed E-state index contributed by atoms with van der Waals surface area (Å²) >= 11 is 2.57. The maximum Gasteiger partial charge on any atom is 0.258 e. The van der Waals surface area contributed by atoms with E-state index in [4.69, 9.17) is 0 Å². The summed E-state index contributed by atoms with van der Waals surface area (Å²) in [6.07, 6.45) is 0.865. The molecule has 2 aromatic carbocycles. The summed E-state index contributed by atoms with van der Waals surface area (Å²) in [5, 5.41) is 0. The Bertz CT molecular complexity index is 1150. The van der Waals surface area contributed by atoms with Crippen LogP contribution in [0.25, 0.3) is 10.2 Å². The first-order valence-electron chi connectivity index (χ1n) is 9.39. The number of hydrogen-bond donors (Lipinski definition) is 0. The highest BCUT2D eigenvalue weighted by molar-refractivity contribution is 8.00. The van der Waals surface area contributed by atoms with Crippen LogP contribution in [0.2, 0.25) is 0 Å². The fraction of sp³-hybridized carbons (Fsp3) is 0.286. The average Bonchev–Trinajstić information content (AvgIpc) is 3.28. The molecule has 1 aliphatic rings. The monoisotopic (exact) mass is 429 g/mol. The first kappa shape index (κ1) is 19.8. The molecule has 3 aromatic rings. The van der Waals surface area contributed by atoms with Crippen LogP contribution in [0.4, 0.5) is 10.1 Å². The van der Waals surface area contributed by atoms with Crippen molar-refractivity contribution in [2.75, 3.05) is 23.0 Å². The number of carbonyl (C=O) groups excluding carboxylic acids is 2. The summed E-state index contributed by atoms with van der Waals surface area (Å²) in [4.78, 5) is 31.4. The molecule has 1 aromatic heterocycles. The summed E-state index contributed by atoms with van der Waals surface area (Å²) in [7, 11) is 0. The van der Waals surface area contributed by atoms with Crippen LogP contribution in [0.15, 0.2) is 47.5 Å². The normalized spacial score (nSPS) is 13.9. The molecule has 1 aliphatic heterocycles. The van der Waals surface area contributed by atoms with Crippen LogP contribution in [0.5, 0.6) is 0 Å². The Kier molecular flexibility index (Phi) is 5.82. The Labute approximate surface area is 175 Å². The van der Waals surface area contributed by atoms with E-state index in [-0.39, 0.29) is 29.1 Å². The second kappa shape index (κ2) is 8.51. The van der Waals surface area contributed by atoms with Crippen molar-refractivity contribution < 1.29 is 14.0 Å². The van der Waals surface area contributed by atoms with Gasteiger partial charge >= 0.3 is 0 Å². The third-order valence-corrected chi connectivity index (χ3v) is 6.76. The smallest absolute Gasteiger partial charge is 0.258 e. The van der Waals surface area contributed by atoms with Gasteiger partial charge in [-0.1, -0.05) is 29.5 Å². The van der Waals surface area contributed by atoms with Gasteiger partial charge in [0, 0.05) is 18.8 Å². The number of aromatic nitrogens is 1. The lowest BCUT2D eigenvalue weighted by Gasteiger charge is -2.16. The van der Waals surface area contributed by atoms with E-state index in [9.17, 15) is 14.0 Å². The quantitative estimate of drug-likeness (QED) is 0.623. The lowest BCUT2D eigenvalue weighted by molar-refractivity contribution is -0.116. The highest BCUT2D eigenvalue weighted by Gasteiger charge is 2.23. The number of aryl methyl sites for hydroxylation is 1. The SMILES string of the molecule is CCn1c(=NC(=O)CSCC(=O)N2CCc3ccccc32)sc2cc(F)ccc21. The van der Waals surface area contributed by atoms with Crippen molar-refractivity contribution in [1.29, 1.82) is 0 Å².